The summed E-state index contributed by atoms with van der Waals surface area (Å²) in [6.07, 6.45) is 5.56. The molecule has 0 radical (unpaired) electrons. The molecule has 1 aromatic heterocycles. The van der Waals surface area contributed by atoms with Crippen molar-refractivity contribution in [2.24, 2.45) is 0 Å². The van der Waals surface area contributed by atoms with Crippen LogP contribution in [0, 0.1) is 0 Å². The van der Waals surface area contributed by atoms with Gasteiger partial charge >= 0.3 is 5.97 Å². The molecule has 1 aliphatic rings. The molecule has 16 heavy (non-hydrogen) atoms. The molecule has 2 rings (SSSR count). The first-order chi connectivity index (χ1) is 7.59. The van der Waals surface area contributed by atoms with E-state index in [-0.39, 0.29) is 17.2 Å². The SMILES string of the molecule is O=C(O)c1cc(Br)c(=O)n(C2CCCC2)c1. The van der Waals surface area contributed by atoms with E-state index in [0.717, 1.165) is 25.7 Å². The third kappa shape index (κ3) is 2.04. The lowest BCUT2D eigenvalue weighted by atomic mass is 10.2. The van der Waals surface area contributed by atoms with Crippen LogP contribution in [0.25, 0.3) is 0 Å². The van der Waals surface area contributed by atoms with Crippen molar-refractivity contribution in [3.05, 3.63) is 32.7 Å². The van der Waals surface area contributed by atoms with E-state index in [1.165, 1.54) is 12.3 Å². The predicted octanol–water partition coefficient (Wildman–Crippen LogP) is 2.42. The minimum atomic E-state index is -1.01. The molecule has 1 N–H and O–H groups in total. The molecule has 0 amide bonds. The molecule has 1 aliphatic carbocycles. The molecule has 86 valence electrons. The van der Waals surface area contributed by atoms with E-state index in [1.54, 1.807) is 4.57 Å². The third-order valence-electron chi connectivity index (χ3n) is 2.96. The van der Waals surface area contributed by atoms with Crippen LogP contribution in [0.3, 0.4) is 0 Å². The van der Waals surface area contributed by atoms with Crippen molar-refractivity contribution >= 4 is 21.9 Å². The Bertz CT molecular complexity index is 475. The second-order valence-corrected chi connectivity index (χ2v) is 4.89. The monoisotopic (exact) mass is 285 g/mol. The average molecular weight is 286 g/mol. The number of aromatic carboxylic acids is 1. The summed E-state index contributed by atoms with van der Waals surface area (Å²) in [4.78, 5) is 22.7. The number of carboxylic acids is 1. The lowest BCUT2D eigenvalue weighted by Gasteiger charge is -2.14. The van der Waals surface area contributed by atoms with Crippen LogP contribution in [0.4, 0.5) is 0 Å². The highest BCUT2D eigenvalue weighted by atomic mass is 79.9. The van der Waals surface area contributed by atoms with Crippen molar-refractivity contribution in [3.63, 3.8) is 0 Å². The maximum absolute atomic E-state index is 11.9. The van der Waals surface area contributed by atoms with Gasteiger partial charge in [0.05, 0.1) is 10.0 Å². The molecule has 0 bridgehead atoms. The van der Waals surface area contributed by atoms with Gasteiger partial charge in [0.2, 0.25) is 0 Å². The first-order valence-electron chi connectivity index (χ1n) is 5.24. The smallest absolute Gasteiger partial charge is 0.337 e. The molecular formula is C11H12BrNO3. The summed E-state index contributed by atoms with van der Waals surface area (Å²) in [7, 11) is 0. The quantitative estimate of drug-likeness (QED) is 0.908. The van der Waals surface area contributed by atoms with Gasteiger partial charge in [-0.1, -0.05) is 12.8 Å². The number of carbonyl (C=O) groups is 1. The lowest BCUT2D eigenvalue weighted by molar-refractivity contribution is 0.0695. The van der Waals surface area contributed by atoms with Crippen molar-refractivity contribution < 1.29 is 9.90 Å². The Balaban J connectivity index is 2.50. The molecule has 5 heteroatoms. The lowest BCUT2D eigenvalue weighted by Crippen LogP contribution is -2.24. The molecule has 1 heterocycles. The van der Waals surface area contributed by atoms with Gasteiger partial charge in [-0.05, 0) is 34.8 Å². The van der Waals surface area contributed by atoms with Crippen LogP contribution in [0.1, 0.15) is 42.1 Å². The first kappa shape index (κ1) is 11.4. The van der Waals surface area contributed by atoms with Crippen molar-refractivity contribution in [2.75, 3.05) is 0 Å². The summed E-state index contributed by atoms with van der Waals surface area (Å²) >= 11 is 3.12. The van der Waals surface area contributed by atoms with Gasteiger partial charge in [-0.2, -0.15) is 0 Å². The molecule has 1 fully saturated rings. The zero-order valence-electron chi connectivity index (χ0n) is 8.65. The molecular weight excluding hydrogens is 274 g/mol. The summed E-state index contributed by atoms with van der Waals surface area (Å²) in [6.45, 7) is 0. The highest BCUT2D eigenvalue weighted by Gasteiger charge is 2.20. The molecule has 0 unspecified atom stereocenters. The van der Waals surface area contributed by atoms with Gasteiger partial charge in [-0.25, -0.2) is 4.79 Å². The molecule has 0 aromatic carbocycles. The minimum Gasteiger partial charge on any atom is -0.478 e. The predicted molar refractivity (Wildman–Crippen MR) is 62.9 cm³/mol. The Kier molecular flexibility index (Phi) is 3.14. The number of rotatable bonds is 2. The van der Waals surface area contributed by atoms with Crippen LogP contribution in [0.5, 0.6) is 0 Å². The van der Waals surface area contributed by atoms with Gasteiger partial charge in [-0.15, -0.1) is 0 Å². The Morgan fingerprint density at radius 1 is 1.44 bits per heavy atom. The molecule has 0 aliphatic heterocycles. The maximum Gasteiger partial charge on any atom is 0.337 e. The van der Waals surface area contributed by atoms with Crippen LogP contribution in [-0.4, -0.2) is 15.6 Å². The Labute approximate surface area is 101 Å². The van der Waals surface area contributed by atoms with Crippen LogP contribution in [0.2, 0.25) is 0 Å². The summed E-state index contributed by atoms with van der Waals surface area (Å²) in [5, 5.41) is 8.93. The number of halogens is 1. The van der Waals surface area contributed by atoms with Crippen LogP contribution < -0.4 is 5.56 Å². The largest absolute Gasteiger partial charge is 0.478 e. The van der Waals surface area contributed by atoms with E-state index in [4.69, 9.17) is 5.11 Å². The molecule has 4 nitrogen and oxygen atoms in total. The standard InChI is InChI=1S/C11H12BrNO3/c12-9-5-7(11(15)16)6-13(10(9)14)8-3-1-2-4-8/h5-6,8H,1-4H2,(H,15,16). The van der Waals surface area contributed by atoms with E-state index in [9.17, 15) is 9.59 Å². The fraction of sp³-hybridized carbons (Fsp3) is 0.455. The van der Waals surface area contributed by atoms with Crippen LogP contribution >= 0.6 is 15.9 Å². The molecule has 1 saturated carbocycles. The Morgan fingerprint density at radius 2 is 2.06 bits per heavy atom. The topological polar surface area (TPSA) is 59.3 Å². The van der Waals surface area contributed by atoms with Gasteiger partial charge < -0.3 is 9.67 Å². The Morgan fingerprint density at radius 3 is 2.62 bits per heavy atom. The number of nitrogens with zero attached hydrogens (tertiary/aromatic N) is 1. The van der Waals surface area contributed by atoms with E-state index in [0.29, 0.717) is 4.47 Å². The van der Waals surface area contributed by atoms with Gasteiger partial charge in [0.25, 0.3) is 5.56 Å². The first-order valence-corrected chi connectivity index (χ1v) is 6.04. The van der Waals surface area contributed by atoms with Crippen molar-refractivity contribution in [1.82, 2.24) is 4.57 Å². The van der Waals surface area contributed by atoms with Gasteiger partial charge in [0.15, 0.2) is 0 Å². The molecule has 0 saturated heterocycles. The van der Waals surface area contributed by atoms with Crippen molar-refractivity contribution in [1.29, 1.82) is 0 Å². The van der Waals surface area contributed by atoms with Gasteiger partial charge in [0.1, 0.15) is 0 Å². The number of carboxylic acid groups (broad SMARTS) is 1. The number of hydrogen-bond acceptors (Lipinski definition) is 2. The summed E-state index contributed by atoms with van der Waals surface area (Å²) < 4.78 is 1.87. The second kappa shape index (κ2) is 4.41. The zero-order chi connectivity index (χ0) is 11.7. The van der Waals surface area contributed by atoms with Gasteiger partial charge in [0, 0.05) is 12.2 Å². The van der Waals surface area contributed by atoms with Gasteiger partial charge in [-0.3, -0.25) is 4.79 Å². The second-order valence-electron chi connectivity index (χ2n) is 4.03. The summed E-state index contributed by atoms with van der Waals surface area (Å²) in [5.41, 5.74) is 0.00951. The maximum atomic E-state index is 11.9. The Hall–Kier alpha value is -1.10. The van der Waals surface area contributed by atoms with E-state index >= 15 is 0 Å². The fourth-order valence-electron chi connectivity index (χ4n) is 2.14. The third-order valence-corrected chi connectivity index (χ3v) is 3.53. The van der Waals surface area contributed by atoms with Crippen molar-refractivity contribution in [3.8, 4) is 0 Å². The number of aromatic nitrogens is 1. The fourth-order valence-corrected chi connectivity index (χ4v) is 2.59. The molecule has 0 spiro atoms. The minimum absolute atomic E-state index is 0.142. The zero-order valence-corrected chi connectivity index (χ0v) is 10.2. The molecule has 1 aromatic rings. The summed E-state index contributed by atoms with van der Waals surface area (Å²) in [6, 6.07) is 1.51. The van der Waals surface area contributed by atoms with Crippen LogP contribution in [-0.2, 0) is 0 Å². The van der Waals surface area contributed by atoms with Crippen molar-refractivity contribution in [2.45, 2.75) is 31.7 Å². The number of hydrogen-bond donors (Lipinski definition) is 1. The van der Waals surface area contributed by atoms with E-state index in [1.807, 2.05) is 0 Å². The highest BCUT2D eigenvalue weighted by molar-refractivity contribution is 9.10. The van der Waals surface area contributed by atoms with E-state index in [2.05, 4.69) is 15.9 Å². The molecule has 0 atom stereocenters. The normalized spacial score (nSPS) is 16.6. The highest BCUT2D eigenvalue weighted by Crippen LogP contribution is 2.28. The van der Waals surface area contributed by atoms with Crippen LogP contribution in [0.15, 0.2) is 21.5 Å². The summed E-state index contributed by atoms with van der Waals surface area (Å²) in [5.74, 6) is -1.01. The van der Waals surface area contributed by atoms with E-state index < -0.39 is 5.97 Å². The average Bonchev–Trinajstić information content (AvgIpc) is 2.74. The number of pyridine rings is 1.